The summed E-state index contributed by atoms with van der Waals surface area (Å²) in [4.78, 5) is 28.1. The summed E-state index contributed by atoms with van der Waals surface area (Å²) in [5.41, 5.74) is 6.54. The molecule has 3 fully saturated rings. The Balaban J connectivity index is 1.10. The Morgan fingerprint density at radius 1 is 1.12 bits per heavy atom. The van der Waals surface area contributed by atoms with Crippen LogP contribution < -0.4 is 20.9 Å². The van der Waals surface area contributed by atoms with Gasteiger partial charge >= 0.3 is 0 Å². The first kappa shape index (κ1) is 28.4. The van der Waals surface area contributed by atoms with E-state index in [1.165, 1.54) is 11.8 Å². The van der Waals surface area contributed by atoms with Gasteiger partial charge in [0, 0.05) is 48.4 Å². The van der Waals surface area contributed by atoms with Gasteiger partial charge in [0.25, 0.3) is 0 Å². The molecule has 3 aromatic rings. The zero-order valence-corrected chi connectivity index (χ0v) is 24.7. The Hall–Kier alpha value is -2.77. The van der Waals surface area contributed by atoms with E-state index in [9.17, 15) is 5.11 Å². The number of nitrogens with one attached hydrogen (secondary N) is 1. The van der Waals surface area contributed by atoms with Gasteiger partial charge in [0.15, 0.2) is 5.82 Å². The monoisotopic (exact) mass is 597 g/mol. The minimum Gasteiger partial charge on any atom is -0.394 e. The molecule has 3 aromatic heterocycles. The van der Waals surface area contributed by atoms with Crippen molar-refractivity contribution in [2.45, 2.75) is 67.1 Å². The number of halogens is 1. The highest BCUT2D eigenvalue weighted by molar-refractivity contribution is 7.99. The molecule has 0 amide bonds. The Bertz CT molecular complexity index is 1340. The number of nitrogens with two attached hydrogens (primary N) is 1. The summed E-state index contributed by atoms with van der Waals surface area (Å²) in [5.74, 6) is 2.53. The van der Waals surface area contributed by atoms with E-state index in [0.29, 0.717) is 22.6 Å². The van der Waals surface area contributed by atoms with Crippen LogP contribution in [0, 0.1) is 5.41 Å². The van der Waals surface area contributed by atoms with Gasteiger partial charge in [0.05, 0.1) is 42.8 Å². The first-order valence-corrected chi connectivity index (χ1v) is 15.4. The SMILES string of the molecule is C[C@@H]1OCC2(CCN(c3cnc(Sc4ccnc(Nc5ccnc(N6CCCC[C@@H]6CO)n5)c4Cl)cn3)CC2)[C@@H]1N. The topological polar surface area (TPSA) is 138 Å². The molecule has 11 nitrogen and oxygen atoms in total. The predicted molar refractivity (Wildman–Crippen MR) is 160 cm³/mol. The maximum Gasteiger partial charge on any atom is 0.227 e. The average molecular weight is 598 g/mol. The lowest BCUT2D eigenvalue weighted by Gasteiger charge is -2.41. The molecule has 4 N–H and O–H groups in total. The summed E-state index contributed by atoms with van der Waals surface area (Å²) in [6.45, 7) is 5.49. The van der Waals surface area contributed by atoms with Crippen LogP contribution in [0.15, 0.2) is 46.8 Å². The number of aromatic nitrogens is 5. The van der Waals surface area contributed by atoms with Crippen molar-refractivity contribution in [2.24, 2.45) is 11.1 Å². The van der Waals surface area contributed by atoms with Crippen molar-refractivity contribution < 1.29 is 9.84 Å². The van der Waals surface area contributed by atoms with Gasteiger partial charge in [0.2, 0.25) is 5.95 Å². The van der Waals surface area contributed by atoms with Crippen LogP contribution in [0.5, 0.6) is 0 Å². The second-order valence-corrected chi connectivity index (χ2v) is 12.5. The van der Waals surface area contributed by atoms with Gasteiger partial charge in [-0.3, -0.25) is 0 Å². The first-order chi connectivity index (χ1) is 20.0. The van der Waals surface area contributed by atoms with Gasteiger partial charge < -0.3 is 30.7 Å². The fraction of sp³-hybridized carbons (Fsp3) is 0.536. The van der Waals surface area contributed by atoms with Crippen molar-refractivity contribution >= 4 is 46.8 Å². The minimum atomic E-state index is 0.0310. The molecule has 0 radical (unpaired) electrons. The van der Waals surface area contributed by atoms with Crippen LogP contribution in [0.1, 0.15) is 39.0 Å². The van der Waals surface area contributed by atoms with E-state index in [0.717, 1.165) is 74.1 Å². The van der Waals surface area contributed by atoms with Crippen LogP contribution in [-0.2, 0) is 4.74 Å². The van der Waals surface area contributed by atoms with Crippen LogP contribution in [0.2, 0.25) is 5.02 Å². The number of hydrogen-bond acceptors (Lipinski definition) is 12. The average Bonchev–Trinajstić information content (AvgIpc) is 3.28. The van der Waals surface area contributed by atoms with Crippen LogP contribution in [0.3, 0.4) is 0 Å². The smallest absolute Gasteiger partial charge is 0.227 e. The van der Waals surface area contributed by atoms with Crippen molar-refractivity contribution in [3.63, 3.8) is 0 Å². The van der Waals surface area contributed by atoms with Gasteiger partial charge in [-0.15, -0.1) is 0 Å². The summed E-state index contributed by atoms with van der Waals surface area (Å²) in [6.07, 6.45) is 12.2. The van der Waals surface area contributed by atoms with E-state index >= 15 is 0 Å². The summed E-state index contributed by atoms with van der Waals surface area (Å²) in [5, 5.41) is 14.2. The fourth-order valence-electron chi connectivity index (χ4n) is 6.02. The predicted octanol–water partition coefficient (Wildman–Crippen LogP) is 3.89. The third-order valence-electron chi connectivity index (χ3n) is 8.60. The second-order valence-electron chi connectivity index (χ2n) is 11.1. The number of rotatable bonds is 7. The molecular formula is C28H36ClN9O2S. The minimum absolute atomic E-state index is 0.0310. The Morgan fingerprint density at radius 3 is 2.68 bits per heavy atom. The van der Waals surface area contributed by atoms with Crippen LogP contribution in [-0.4, -0.2) is 81.1 Å². The van der Waals surface area contributed by atoms with Crippen molar-refractivity contribution in [1.82, 2.24) is 24.9 Å². The number of aliphatic hydroxyl groups is 1. The molecule has 1 spiro atoms. The zero-order chi connectivity index (χ0) is 28.4. The number of pyridine rings is 1. The number of aliphatic hydroxyl groups excluding tert-OH is 1. The highest BCUT2D eigenvalue weighted by atomic mass is 35.5. The lowest BCUT2D eigenvalue weighted by Crippen LogP contribution is -2.50. The largest absolute Gasteiger partial charge is 0.394 e. The quantitative estimate of drug-likeness (QED) is 0.364. The normalized spacial score (nSPS) is 24.1. The maximum absolute atomic E-state index is 9.79. The van der Waals surface area contributed by atoms with Crippen molar-refractivity contribution in [1.29, 1.82) is 0 Å². The van der Waals surface area contributed by atoms with Gasteiger partial charge in [0.1, 0.15) is 16.7 Å². The molecule has 0 aromatic carbocycles. The summed E-state index contributed by atoms with van der Waals surface area (Å²) in [6, 6.07) is 3.75. The molecule has 3 aliphatic heterocycles. The first-order valence-electron chi connectivity index (χ1n) is 14.2. The highest BCUT2D eigenvalue weighted by Gasteiger charge is 2.47. The molecule has 41 heavy (non-hydrogen) atoms. The molecule has 0 unspecified atom stereocenters. The van der Waals surface area contributed by atoms with Gasteiger partial charge in [-0.2, -0.15) is 4.98 Å². The third kappa shape index (κ3) is 5.94. The van der Waals surface area contributed by atoms with Crippen LogP contribution in [0.4, 0.5) is 23.4 Å². The van der Waals surface area contributed by atoms with Gasteiger partial charge in [-0.1, -0.05) is 23.4 Å². The van der Waals surface area contributed by atoms with Gasteiger partial charge in [-0.25, -0.2) is 19.9 Å². The number of nitrogens with zero attached hydrogens (tertiary/aromatic N) is 7. The van der Waals surface area contributed by atoms with Gasteiger partial charge in [-0.05, 0) is 51.2 Å². The summed E-state index contributed by atoms with van der Waals surface area (Å²) in [7, 11) is 0. The van der Waals surface area contributed by atoms with E-state index in [1.54, 1.807) is 24.7 Å². The number of anilines is 4. The molecule has 3 saturated heterocycles. The Morgan fingerprint density at radius 2 is 1.95 bits per heavy atom. The maximum atomic E-state index is 9.79. The molecule has 0 saturated carbocycles. The van der Waals surface area contributed by atoms with E-state index < -0.39 is 0 Å². The molecule has 3 aliphatic rings. The van der Waals surface area contributed by atoms with E-state index in [2.05, 4.69) is 42.0 Å². The molecule has 0 aliphatic carbocycles. The van der Waals surface area contributed by atoms with Crippen molar-refractivity contribution in [3.8, 4) is 0 Å². The van der Waals surface area contributed by atoms with Crippen molar-refractivity contribution in [3.05, 3.63) is 41.9 Å². The molecule has 218 valence electrons. The molecular weight excluding hydrogens is 562 g/mol. The Kier molecular flexibility index (Phi) is 8.45. The third-order valence-corrected chi connectivity index (χ3v) is 10.1. The fourth-order valence-corrected chi connectivity index (χ4v) is 7.04. The molecule has 3 atom stereocenters. The summed E-state index contributed by atoms with van der Waals surface area (Å²) < 4.78 is 5.85. The Labute approximate surface area is 249 Å². The highest BCUT2D eigenvalue weighted by Crippen LogP contribution is 2.42. The lowest BCUT2D eigenvalue weighted by atomic mass is 9.73. The molecule has 6 heterocycles. The number of piperidine rings is 2. The van der Waals surface area contributed by atoms with Crippen LogP contribution >= 0.6 is 23.4 Å². The van der Waals surface area contributed by atoms with E-state index in [1.807, 2.05) is 12.3 Å². The summed E-state index contributed by atoms with van der Waals surface area (Å²) >= 11 is 8.20. The van der Waals surface area contributed by atoms with Crippen LogP contribution in [0.25, 0.3) is 0 Å². The number of ether oxygens (including phenoxy) is 1. The molecule has 13 heteroatoms. The molecule has 0 bridgehead atoms. The standard InChI is InChI=1S/C28H36ClN9O2S/c1-18-25(30)28(17-40-18)7-12-37(13-8-28)22-14-34-23(15-33-22)41-20-5-9-31-26(24(20)29)35-21-6-10-32-27(36-21)38-11-3-2-4-19(38)16-39/h5-6,9-10,14-15,18-19,25,39H,2-4,7-8,11-13,16-17,30H2,1H3,(H,31,32,35,36)/t18-,19+,25+/m0/s1. The van der Waals surface area contributed by atoms with Crippen molar-refractivity contribution in [2.75, 3.05) is 48.0 Å². The van der Waals surface area contributed by atoms with E-state index in [-0.39, 0.29) is 30.2 Å². The number of hydrogen-bond donors (Lipinski definition) is 3. The molecule has 6 rings (SSSR count). The second kappa shape index (κ2) is 12.2. The lowest BCUT2D eigenvalue weighted by molar-refractivity contribution is 0.0974. The zero-order valence-electron chi connectivity index (χ0n) is 23.1. The van der Waals surface area contributed by atoms with E-state index in [4.69, 9.17) is 27.1 Å².